The largest absolute Gasteiger partial charge is 0.496 e. The molecular formula is C25H19N5O3. The molecule has 0 unspecified atom stereocenters. The van der Waals surface area contributed by atoms with Crippen LogP contribution in [0.3, 0.4) is 0 Å². The maximum absolute atomic E-state index is 13.1. The molecule has 8 heteroatoms. The van der Waals surface area contributed by atoms with Crippen LogP contribution in [0.4, 0.5) is 0 Å². The first kappa shape index (κ1) is 19.2. The molecule has 0 aliphatic heterocycles. The summed E-state index contributed by atoms with van der Waals surface area (Å²) in [6.45, 7) is 3.76. The number of aromatic nitrogens is 5. The zero-order valence-corrected chi connectivity index (χ0v) is 18.2. The first-order valence-corrected chi connectivity index (χ1v) is 10.5. The normalized spacial score (nSPS) is 11.6. The molecule has 0 fully saturated rings. The van der Waals surface area contributed by atoms with Crippen molar-refractivity contribution in [1.82, 2.24) is 24.7 Å². The van der Waals surface area contributed by atoms with Crippen LogP contribution in [0, 0.1) is 13.8 Å². The Morgan fingerprint density at radius 3 is 2.73 bits per heavy atom. The third-order valence-corrected chi connectivity index (χ3v) is 5.98. The molecule has 2 aromatic carbocycles. The molecule has 0 amide bonds. The van der Waals surface area contributed by atoms with Crippen molar-refractivity contribution in [2.24, 2.45) is 0 Å². The summed E-state index contributed by atoms with van der Waals surface area (Å²) < 4.78 is 12.8. The number of fused-ring (bicyclic) bond motifs is 4. The molecule has 162 valence electrons. The predicted octanol–water partition coefficient (Wildman–Crippen LogP) is 4.70. The molecule has 0 saturated heterocycles. The van der Waals surface area contributed by atoms with Gasteiger partial charge < -0.3 is 14.2 Å². The van der Waals surface area contributed by atoms with Gasteiger partial charge in [-0.1, -0.05) is 23.4 Å². The minimum absolute atomic E-state index is 0.258. The maximum atomic E-state index is 13.1. The highest BCUT2D eigenvalue weighted by Gasteiger charge is 2.20. The Kier molecular flexibility index (Phi) is 4.10. The van der Waals surface area contributed by atoms with Crippen molar-refractivity contribution in [3.05, 3.63) is 76.8 Å². The Morgan fingerprint density at radius 1 is 1.09 bits per heavy atom. The van der Waals surface area contributed by atoms with Gasteiger partial charge in [0, 0.05) is 22.5 Å². The fourth-order valence-corrected chi connectivity index (χ4v) is 4.54. The Bertz CT molecular complexity index is 1740. The number of aromatic amines is 1. The van der Waals surface area contributed by atoms with Gasteiger partial charge in [-0.05, 0) is 38.1 Å². The molecule has 33 heavy (non-hydrogen) atoms. The highest BCUT2D eigenvalue weighted by molar-refractivity contribution is 6.06. The molecule has 0 atom stereocenters. The lowest BCUT2D eigenvalue weighted by molar-refractivity contribution is 0.393. The number of aryl methyl sites for hydroxylation is 2. The van der Waals surface area contributed by atoms with E-state index in [9.17, 15) is 4.79 Å². The van der Waals surface area contributed by atoms with Crippen LogP contribution >= 0.6 is 0 Å². The van der Waals surface area contributed by atoms with Crippen LogP contribution in [0.25, 0.3) is 49.7 Å². The summed E-state index contributed by atoms with van der Waals surface area (Å²) in [4.78, 5) is 25.2. The monoisotopic (exact) mass is 437 g/mol. The molecule has 4 aromatic heterocycles. The molecule has 6 aromatic rings. The van der Waals surface area contributed by atoms with Crippen molar-refractivity contribution in [2.75, 3.05) is 7.11 Å². The number of imidazole rings is 1. The van der Waals surface area contributed by atoms with E-state index in [4.69, 9.17) is 9.26 Å². The van der Waals surface area contributed by atoms with E-state index in [1.807, 2.05) is 56.3 Å². The first-order valence-electron chi connectivity index (χ1n) is 10.5. The highest BCUT2D eigenvalue weighted by atomic mass is 16.5. The molecule has 0 spiro atoms. The Hall–Kier alpha value is -4.46. The van der Waals surface area contributed by atoms with Gasteiger partial charge in [0.25, 0.3) is 0 Å². The molecule has 1 N–H and O–H groups in total. The first-order chi connectivity index (χ1) is 16.1. The van der Waals surface area contributed by atoms with Gasteiger partial charge >= 0.3 is 5.69 Å². The van der Waals surface area contributed by atoms with Gasteiger partial charge in [0.1, 0.15) is 11.5 Å². The molecule has 0 aliphatic carbocycles. The van der Waals surface area contributed by atoms with Gasteiger partial charge in [-0.2, -0.15) is 0 Å². The van der Waals surface area contributed by atoms with Gasteiger partial charge in [-0.3, -0.25) is 14.5 Å². The smallest absolute Gasteiger partial charge is 0.331 e. The standard InChI is InChI=1S/C25H19N5O3/c1-13-22(14(2)33-29-13)17-10-18-16(11-21(17)32-3)24-19(12-27-18)28-25(31)30(24)20-8-4-6-15-7-5-9-26-23(15)20/h4-12H,1-3H3,(H,28,31). The number of H-pyrrole nitrogens is 1. The molecule has 0 aliphatic rings. The van der Waals surface area contributed by atoms with E-state index < -0.39 is 0 Å². The molecule has 4 heterocycles. The molecular weight excluding hydrogens is 418 g/mol. The quantitative estimate of drug-likeness (QED) is 0.431. The molecule has 0 radical (unpaired) electrons. The highest BCUT2D eigenvalue weighted by Crippen LogP contribution is 2.39. The molecule has 8 nitrogen and oxygen atoms in total. The summed E-state index contributed by atoms with van der Waals surface area (Å²) in [7, 11) is 1.62. The number of pyridine rings is 2. The van der Waals surface area contributed by atoms with E-state index in [0.29, 0.717) is 28.2 Å². The van der Waals surface area contributed by atoms with E-state index in [1.165, 1.54) is 0 Å². The average molecular weight is 437 g/mol. The van der Waals surface area contributed by atoms with E-state index in [1.54, 1.807) is 24.1 Å². The number of nitrogens with zero attached hydrogens (tertiary/aromatic N) is 4. The third-order valence-electron chi connectivity index (χ3n) is 5.98. The fraction of sp³-hybridized carbons (Fsp3) is 0.120. The average Bonchev–Trinajstić information content (AvgIpc) is 3.35. The van der Waals surface area contributed by atoms with E-state index in [-0.39, 0.29) is 5.69 Å². The van der Waals surface area contributed by atoms with Crippen LogP contribution in [0.15, 0.2) is 64.2 Å². The number of methoxy groups -OCH3 is 1. The Morgan fingerprint density at radius 2 is 1.94 bits per heavy atom. The van der Waals surface area contributed by atoms with Gasteiger partial charge in [0.2, 0.25) is 0 Å². The SMILES string of the molecule is COc1cc2c(cc1-c1c(C)noc1C)ncc1[nH]c(=O)n(-c3cccc4cccnc34)c12. The topological polar surface area (TPSA) is 98.8 Å². The second kappa shape index (κ2) is 7.03. The van der Waals surface area contributed by atoms with Crippen LogP contribution in [0.5, 0.6) is 5.75 Å². The fourth-order valence-electron chi connectivity index (χ4n) is 4.54. The lowest BCUT2D eigenvalue weighted by Gasteiger charge is -2.12. The molecule has 0 bridgehead atoms. The van der Waals surface area contributed by atoms with Crippen LogP contribution < -0.4 is 10.4 Å². The van der Waals surface area contributed by atoms with Crippen LogP contribution in [0.1, 0.15) is 11.5 Å². The Labute approximate surface area is 187 Å². The zero-order chi connectivity index (χ0) is 22.7. The van der Waals surface area contributed by atoms with E-state index in [0.717, 1.165) is 38.6 Å². The zero-order valence-electron chi connectivity index (χ0n) is 18.2. The van der Waals surface area contributed by atoms with Gasteiger partial charge in [-0.25, -0.2) is 4.79 Å². The van der Waals surface area contributed by atoms with Crippen LogP contribution in [-0.4, -0.2) is 31.8 Å². The van der Waals surface area contributed by atoms with Gasteiger partial charge in [0.15, 0.2) is 0 Å². The van der Waals surface area contributed by atoms with Crippen LogP contribution in [-0.2, 0) is 0 Å². The summed E-state index contributed by atoms with van der Waals surface area (Å²) in [6.07, 6.45) is 3.40. The number of para-hydroxylation sites is 1. The number of hydrogen-bond donors (Lipinski definition) is 1. The van der Waals surface area contributed by atoms with Crippen molar-refractivity contribution in [3.63, 3.8) is 0 Å². The number of hydrogen-bond acceptors (Lipinski definition) is 6. The number of nitrogens with one attached hydrogen (secondary N) is 1. The van der Waals surface area contributed by atoms with Crippen molar-refractivity contribution in [2.45, 2.75) is 13.8 Å². The summed E-state index contributed by atoms with van der Waals surface area (Å²) in [5.41, 5.74) is 5.74. The molecule has 6 rings (SSSR count). The summed E-state index contributed by atoms with van der Waals surface area (Å²) in [5.74, 6) is 1.34. The summed E-state index contributed by atoms with van der Waals surface area (Å²) in [5, 5.41) is 5.81. The number of benzene rings is 2. The van der Waals surface area contributed by atoms with Crippen molar-refractivity contribution in [3.8, 4) is 22.6 Å². The van der Waals surface area contributed by atoms with E-state index in [2.05, 4.69) is 20.1 Å². The Balaban J connectivity index is 1.73. The van der Waals surface area contributed by atoms with Gasteiger partial charge in [-0.15, -0.1) is 0 Å². The second-order valence-electron chi connectivity index (χ2n) is 7.91. The van der Waals surface area contributed by atoms with Gasteiger partial charge in [0.05, 0.1) is 52.3 Å². The predicted molar refractivity (Wildman–Crippen MR) is 126 cm³/mol. The van der Waals surface area contributed by atoms with Crippen molar-refractivity contribution >= 4 is 32.8 Å². The lowest BCUT2D eigenvalue weighted by Crippen LogP contribution is -2.15. The minimum atomic E-state index is -0.258. The number of ether oxygens (including phenoxy) is 1. The summed E-state index contributed by atoms with van der Waals surface area (Å²) in [6, 6.07) is 13.5. The number of rotatable bonds is 3. The van der Waals surface area contributed by atoms with Crippen molar-refractivity contribution in [1.29, 1.82) is 0 Å². The minimum Gasteiger partial charge on any atom is -0.496 e. The molecule has 0 saturated carbocycles. The van der Waals surface area contributed by atoms with Crippen LogP contribution in [0.2, 0.25) is 0 Å². The van der Waals surface area contributed by atoms with Crippen molar-refractivity contribution < 1.29 is 9.26 Å². The summed E-state index contributed by atoms with van der Waals surface area (Å²) >= 11 is 0. The second-order valence-corrected chi connectivity index (χ2v) is 7.91. The lowest BCUT2D eigenvalue weighted by atomic mass is 10.0. The third kappa shape index (κ3) is 2.77. The van der Waals surface area contributed by atoms with E-state index >= 15 is 0 Å². The maximum Gasteiger partial charge on any atom is 0.331 e.